The quantitative estimate of drug-likeness (QED) is 0.678. The maximum atomic E-state index is 11.7. The monoisotopic (exact) mass is 288 g/mol. The molecule has 0 spiro atoms. The van der Waals surface area contributed by atoms with Gasteiger partial charge < -0.3 is 9.84 Å². The van der Waals surface area contributed by atoms with Crippen molar-refractivity contribution in [3.05, 3.63) is 64.4 Å². The first-order chi connectivity index (χ1) is 9.66. The van der Waals surface area contributed by atoms with Crippen LogP contribution in [0.15, 0.2) is 53.9 Å². The van der Waals surface area contributed by atoms with Crippen molar-refractivity contribution in [1.82, 2.24) is 0 Å². The molecular weight excluding hydrogens is 276 g/mol. The van der Waals surface area contributed by atoms with Crippen molar-refractivity contribution >= 4 is 29.4 Å². The highest BCUT2D eigenvalue weighted by Gasteiger charge is 2.24. The Morgan fingerprint density at radius 3 is 2.50 bits per heavy atom. The molecular formula is C15H12O4S. The van der Waals surface area contributed by atoms with Gasteiger partial charge in [0.15, 0.2) is 0 Å². The largest absolute Gasteiger partial charge is 0.478 e. The van der Waals surface area contributed by atoms with Gasteiger partial charge in [-0.2, -0.15) is 0 Å². The van der Waals surface area contributed by atoms with Crippen molar-refractivity contribution in [2.24, 2.45) is 0 Å². The molecule has 0 bridgehead atoms. The summed E-state index contributed by atoms with van der Waals surface area (Å²) in [4.78, 5) is 23.3. The fourth-order valence-electron chi connectivity index (χ4n) is 1.55. The summed E-state index contributed by atoms with van der Waals surface area (Å²) in [6, 6.07) is 12.6. The molecule has 0 amide bonds. The summed E-state index contributed by atoms with van der Waals surface area (Å²) < 4.78 is 4.96. The van der Waals surface area contributed by atoms with Crippen LogP contribution in [-0.4, -0.2) is 17.0 Å². The van der Waals surface area contributed by atoms with Gasteiger partial charge in [-0.3, -0.25) is 0 Å². The lowest BCUT2D eigenvalue weighted by Crippen LogP contribution is -2.17. The average Bonchev–Trinajstić information content (AvgIpc) is 2.97. The smallest absolute Gasteiger partial charge is 0.350 e. The van der Waals surface area contributed by atoms with E-state index in [0.717, 1.165) is 5.56 Å². The fraction of sp³-hybridized carbons (Fsp3) is 0.0667. The van der Waals surface area contributed by atoms with Crippen molar-refractivity contribution in [3.63, 3.8) is 0 Å². The standard InChI is InChI=1S/C15H12O4S/c16-13(9-8-11-5-2-1-3-6-11)19-14(15(17)18)12-7-4-10-20-12/h1-10,14H,(H,17,18). The number of thiophene rings is 1. The van der Waals surface area contributed by atoms with Crippen LogP contribution in [0.3, 0.4) is 0 Å². The second-order valence-electron chi connectivity index (χ2n) is 3.91. The second-order valence-corrected chi connectivity index (χ2v) is 4.89. The van der Waals surface area contributed by atoms with Gasteiger partial charge in [0, 0.05) is 6.08 Å². The molecule has 0 fully saturated rings. The number of aliphatic carboxylic acids is 1. The Morgan fingerprint density at radius 1 is 1.15 bits per heavy atom. The van der Waals surface area contributed by atoms with Crippen LogP contribution in [0, 0.1) is 0 Å². The van der Waals surface area contributed by atoms with Crippen molar-refractivity contribution < 1.29 is 19.4 Å². The van der Waals surface area contributed by atoms with E-state index in [0.29, 0.717) is 4.88 Å². The predicted molar refractivity (Wildman–Crippen MR) is 76.3 cm³/mol. The number of carbonyl (C=O) groups excluding carboxylic acids is 1. The first-order valence-corrected chi connectivity index (χ1v) is 6.75. The molecule has 2 aromatic rings. The number of hydrogen-bond acceptors (Lipinski definition) is 4. The number of carboxylic acid groups (broad SMARTS) is 1. The van der Waals surface area contributed by atoms with Crippen LogP contribution in [-0.2, 0) is 14.3 Å². The van der Waals surface area contributed by atoms with Gasteiger partial charge in [0.2, 0.25) is 6.10 Å². The molecule has 1 atom stereocenters. The number of carbonyl (C=O) groups is 2. The molecule has 1 N–H and O–H groups in total. The fourth-order valence-corrected chi connectivity index (χ4v) is 2.30. The Morgan fingerprint density at radius 2 is 1.90 bits per heavy atom. The minimum atomic E-state index is -1.26. The van der Waals surface area contributed by atoms with Crippen LogP contribution >= 0.6 is 11.3 Å². The van der Waals surface area contributed by atoms with E-state index in [9.17, 15) is 9.59 Å². The zero-order valence-electron chi connectivity index (χ0n) is 10.4. The maximum absolute atomic E-state index is 11.7. The van der Waals surface area contributed by atoms with Gasteiger partial charge in [0.1, 0.15) is 0 Å². The summed E-state index contributed by atoms with van der Waals surface area (Å²) in [5.41, 5.74) is 0.840. The van der Waals surface area contributed by atoms with E-state index in [1.807, 2.05) is 30.3 Å². The molecule has 2 rings (SSSR count). The summed E-state index contributed by atoms with van der Waals surface area (Å²) in [5.74, 6) is -1.87. The van der Waals surface area contributed by atoms with Gasteiger partial charge in [0.05, 0.1) is 4.88 Å². The highest BCUT2D eigenvalue weighted by atomic mass is 32.1. The lowest BCUT2D eigenvalue weighted by molar-refractivity contribution is -0.161. The number of ether oxygens (including phenoxy) is 1. The van der Waals surface area contributed by atoms with Crippen LogP contribution in [0.2, 0.25) is 0 Å². The van der Waals surface area contributed by atoms with Crippen LogP contribution in [0.5, 0.6) is 0 Å². The Balaban J connectivity index is 2.03. The molecule has 1 heterocycles. The van der Waals surface area contributed by atoms with Gasteiger partial charge in [-0.05, 0) is 23.1 Å². The number of rotatable bonds is 5. The predicted octanol–water partition coefficient (Wildman–Crippen LogP) is 3.13. The van der Waals surface area contributed by atoms with Crippen LogP contribution in [0.25, 0.3) is 6.08 Å². The third kappa shape index (κ3) is 3.80. The van der Waals surface area contributed by atoms with Gasteiger partial charge in [0.25, 0.3) is 0 Å². The topological polar surface area (TPSA) is 63.6 Å². The van der Waals surface area contributed by atoms with Crippen molar-refractivity contribution in [2.45, 2.75) is 6.10 Å². The van der Waals surface area contributed by atoms with Gasteiger partial charge in [-0.25, -0.2) is 9.59 Å². The highest BCUT2D eigenvalue weighted by molar-refractivity contribution is 7.10. The normalized spacial score (nSPS) is 12.2. The summed E-state index contributed by atoms with van der Waals surface area (Å²) in [6.07, 6.45) is 1.54. The van der Waals surface area contributed by atoms with Crippen LogP contribution < -0.4 is 0 Å². The zero-order chi connectivity index (χ0) is 14.4. The molecule has 1 aromatic heterocycles. The van der Waals surface area contributed by atoms with Crippen molar-refractivity contribution in [1.29, 1.82) is 0 Å². The summed E-state index contributed by atoms with van der Waals surface area (Å²) in [5, 5.41) is 10.8. The lowest BCUT2D eigenvalue weighted by atomic mass is 10.2. The van der Waals surface area contributed by atoms with E-state index in [1.54, 1.807) is 23.6 Å². The van der Waals surface area contributed by atoms with E-state index in [4.69, 9.17) is 9.84 Å². The Kier molecular flexibility index (Phi) is 4.68. The Hall–Kier alpha value is -2.40. The summed E-state index contributed by atoms with van der Waals surface area (Å²) in [6.45, 7) is 0. The third-order valence-corrected chi connectivity index (χ3v) is 3.39. The van der Waals surface area contributed by atoms with Crippen molar-refractivity contribution in [2.75, 3.05) is 0 Å². The van der Waals surface area contributed by atoms with E-state index in [1.165, 1.54) is 17.4 Å². The molecule has 0 aliphatic rings. The summed E-state index contributed by atoms with van der Waals surface area (Å²) >= 11 is 1.23. The molecule has 102 valence electrons. The zero-order valence-corrected chi connectivity index (χ0v) is 11.2. The molecule has 0 saturated carbocycles. The van der Waals surface area contributed by atoms with Crippen molar-refractivity contribution in [3.8, 4) is 0 Å². The molecule has 0 saturated heterocycles. The van der Waals surface area contributed by atoms with Crippen LogP contribution in [0.1, 0.15) is 16.5 Å². The van der Waals surface area contributed by atoms with Crippen LogP contribution in [0.4, 0.5) is 0 Å². The average molecular weight is 288 g/mol. The lowest BCUT2D eigenvalue weighted by Gasteiger charge is -2.10. The maximum Gasteiger partial charge on any atom is 0.350 e. The first-order valence-electron chi connectivity index (χ1n) is 5.87. The molecule has 5 heteroatoms. The molecule has 20 heavy (non-hydrogen) atoms. The van der Waals surface area contributed by atoms with E-state index >= 15 is 0 Å². The highest BCUT2D eigenvalue weighted by Crippen LogP contribution is 2.23. The molecule has 0 aliphatic carbocycles. The molecule has 1 aromatic carbocycles. The molecule has 0 radical (unpaired) electrons. The van der Waals surface area contributed by atoms with E-state index in [2.05, 4.69) is 0 Å². The minimum absolute atomic E-state index is 0.485. The number of hydrogen-bond donors (Lipinski definition) is 1. The SMILES string of the molecule is O=C(C=Cc1ccccc1)OC(C(=O)O)c1cccs1. The van der Waals surface area contributed by atoms with Gasteiger partial charge in [-0.15, -0.1) is 11.3 Å². The second kappa shape index (κ2) is 6.68. The van der Waals surface area contributed by atoms with E-state index in [-0.39, 0.29) is 0 Å². The minimum Gasteiger partial charge on any atom is -0.478 e. The van der Waals surface area contributed by atoms with Gasteiger partial charge in [-0.1, -0.05) is 36.4 Å². The first kappa shape index (κ1) is 14.0. The number of esters is 1. The molecule has 1 unspecified atom stereocenters. The number of benzene rings is 1. The third-order valence-electron chi connectivity index (χ3n) is 2.47. The Labute approximate surface area is 119 Å². The van der Waals surface area contributed by atoms with Gasteiger partial charge >= 0.3 is 11.9 Å². The summed E-state index contributed by atoms with van der Waals surface area (Å²) in [7, 11) is 0. The Bertz CT molecular complexity index is 602. The number of carboxylic acids is 1. The molecule has 4 nitrogen and oxygen atoms in total. The van der Waals surface area contributed by atoms with E-state index < -0.39 is 18.0 Å². The molecule has 0 aliphatic heterocycles.